The van der Waals surface area contributed by atoms with Gasteiger partial charge in [-0.3, -0.25) is 19.7 Å². The number of nitro groups is 1. The van der Waals surface area contributed by atoms with Crippen molar-refractivity contribution < 1.29 is 19.3 Å². The van der Waals surface area contributed by atoms with E-state index in [1.807, 2.05) is 6.07 Å². The lowest BCUT2D eigenvalue weighted by molar-refractivity contribution is -0.385. The first kappa shape index (κ1) is 20.5. The summed E-state index contributed by atoms with van der Waals surface area (Å²) in [5.41, 5.74) is 1.25. The lowest BCUT2D eigenvalue weighted by Crippen LogP contribution is -2.48. The molecule has 2 saturated heterocycles. The Bertz CT molecular complexity index is 1050. The molecule has 0 saturated carbocycles. The van der Waals surface area contributed by atoms with Gasteiger partial charge in [0.05, 0.1) is 10.6 Å². The minimum atomic E-state index is -0.493. The second-order valence-electron chi connectivity index (χ2n) is 7.76. The summed E-state index contributed by atoms with van der Waals surface area (Å²) >= 11 is 0. The third-order valence-corrected chi connectivity index (χ3v) is 5.85. The van der Waals surface area contributed by atoms with Gasteiger partial charge in [-0.15, -0.1) is 0 Å². The summed E-state index contributed by atoms with van der Waals surface area (Å²) in [6.07, 6.45) is 1.09. The summed E-state index contributed by atoms with van der Waals surface area (Å²) in [5, 5.41) is 11.2. The van der Waals surface area contributed by atoms with E-state index in [9.17, 15) is 24.5 Å². The van der Waals surface area contributed by atoms with E-state index in [-0.39, 0.29) is 41.7 Å². The predicted molar refractivity (Wildman–Crippen MR) is 113 cm³/mol. The molecule has 0 spiro atoms. The van der Waals surface area contributed by atoms with E-state index in [1.165, 1.54) is 11.0 Å². The molecule has 2 aliphatic heterocycles. The number of aryl methyl sites for hydroxylation is 1. The summed E-state index contributed by atoms with van der Waals surface area (Å²) in [7, 11) is 0. The zero-order valence-corrected chi connectivity index (χ0v) is 17.1. The molecule has 4 rings (SSSR count). The lowest BCUT2D eigenvalue weighted by Gasteiger charge is -2.36. The molecule has 2 aromatic carbocycles. The van der Waals surface area contributed by atoms with Crippen LogP contribution >= 0.6 is 0 Å². The molecule has 0 aliphatic carbocycles. The van der Waals surface area contributed by atoms with Crippen molar-refractivity contribution in [2.24, 2.45) is 0 Å². The third kappa shape index (κ3) is 3.86. The molecule has 4 amide bonds. The number of imide groups is 1. The van der Waals surface area contributed by atoms with E-state index in [2.05, 4.69) is 0 Å². The average Bonchev–Trinajstić information content (AvgIpc) is 3.08. The molecule has 0 bridgehead atoms. The summed E-state index contributed by atoms with van der Waals surface area (Å²) in [6, 6.07) is 12.8. The fraction of sp³-hybridized carbons (Fsp3) is 0.318. The van der Waals surface area contributed by atoms with Gasteiger partial charge in [-0.05, 0) is 38.0 Å². The number of benzene rings is 2. The molecule has 0 unspecified atom stereocenters. The van der Waals surface area contributed by atoms with E-state index in [1.54, 1.807) is 53.1 Å². The van der Waals surface area contributed by atoms with Crippen LogP contribution in [0.25, 0.3) is 0 Å². The lowest BCUT2D eigenvalue weighted by atomic mass is 10.0. The minimum absolute atomic E-state index is 0.0243. The van der Waals surface area contributed by atoms with Crippen molar-refractivity contribution in [1.82, 2.24) is 9.80 Å². The average molecular weight is 422 g/mol. The van der Waals surface area contributed by atoms with E-state index in [0.29, 0.717) is 37.2 Å². The van der Waals surface area contributed by atoms with Gasteiger partial charge in [-0.25, -0.2) is 9.69 Å². The monoisotopic (exact) mass is 422 g/mol. The van der Waals surface area contributed by atoms with Crippen molar-refractivity contribution in [3.8, 4) is 0 Å². The first-order valence-electron chi connectivity index (χ1n) is 10.1. The first-order chi connectivity index (χ1) is 14.9. The number of carbonyl (C=O) groups excluding carboxylic acids is 3. The molecular formula is C22H22N4O5. The number of piperidine rings is 1. The van der Waals surface area contributed by atoms with E-state index in [4.69, 9.17) is 0 Å². The highest BCUT2D eigenvalue weighted by Crippen LogP contribution is 2.27. The number of para-hydroxylation sites is 1. The van der Waals surface area contributed by atoms with Crippen LogP contribution in [0.3, 0.4) is 0 Å². The molecule has 2 aliphatic rings. The third-order valence-electron chi connectivity index (χ3n) is 5.85. The topological polar surface area (TPSA) is 104 Å². The van der Waals surface area contributed by atoms with Crippen molar-refractivity contribution >= 4 is 29.2 Å². The van der Waals surface area contributed by atoms with E-state index >= 15 is 0 Å². The Kier molecular flexibility index (Phi) is 5.41. The van der Waals surface area contributed by atoms with Gasteiger partial charge in [-0.1, -0.05) is 24.3 Å². The van der Waals surface area contributed by atoms with Crippen molar-refractivity contribution in [2.45, 2.75) is 25.8 Å². The summed E-state index contributed by atoms with van der Waals surface area (Å²) < 4.78 is 0. The number of nitrogens with zero attached hydrogens (tertiary/aromatic N) is 4. The Labute approximate surface area is 179 Å². The molecule has 0 radical (unpaired) electrons. The van der Waals surface area contributed by atoms with Crippen LogP contribution in [0.1, 0.15) is 28.8 Å². The first-order valence-corrected chi connectivity index (χ1v) is 10.1. The second-order valence-corrected chi connectivity index (χ2v) is 7.76. The number of anilines is 1. The molecule has 2 fully saturated rings. The van der Waals surface area contributed by atoms with Crippen LogP contribution in [0.4, 0.5) is 16.2 Å². The molecule has 160 valence electrons. The second kappa shape index (κ2) is 8.17. The maximum absolute atomic E-state index is 12.9. The highest BCUT2D eigenvalue weighted by molar-refractivity contribution is 6.19. The van der Waals surface area contributed by atoms with Crippen LogP contribution < -0.4 is 4.90 Å². The van der Waals surface area contributed by atoms with Gasteiger partial charge in [-0.2, -0.15) is 0 Å². The number of hydrogen-bond acceptors (Lipinski definition) is 5. The number of hydrogen-bond donors (Lipinski definition) is 0. The quantitative estimate of drug-likeness (QED) is 0.428. The Balaban J connectivity index is 1.42. The highest BCUT2D eigenvalue weighted by Gasteiger charge is 2.41. The smallest absolute Gasteiger partial charge is 0.332 e. The van der Waals surface area contributed by atoms with Gasteiger partial charge < -0.3 is 9.80 Å². The molecular weight excluding hydrogens is 400 g/mol. The Hall–Kier alpha value is -3.75. The maximum Gasteiger partial charge on any atom is 0.332 e. The van der Waals surface area contributed by atoms with Gasteiger partial charge >= 0.3 is 6.03 Å². The van der Waals surface area contributed by atoms with Gasteiger partial charge in [0.25, 0.3) is 17.5 Å². The van der Waals surface area contributed by atoms with Gasteiger partial charge in [0.15, 0.2) is 0 Å². The minimum Gasteiger partial charge on any atom is -0.338 e. The molecule has 0 aromatic heterocycles. The molecule has 31 heavy (non-hydrogen) atoms. The predicted octanol–water partition coefficient (Wildman–Crippen LogP) is 2.98. The van der Waals surface area contributed by atoms with Crippen molar-refractivity contribution in [3.63, 3.8) is 0 Å². The maximum atomic E-state index is 12.9. The van der Waals surface area contributed by atoms with E-state index in [0.717, 1.165) is 0 Å². The van der Waals surface area contributed by atoms with E-state index < -0.39 is 4.92 Å². The Morgan fingerprint density at radius 3 is 2.39 bits per heavy atom. The summed E-state index contributed by atoms with van der Waals surface area (Å²) in [4.78, 5) is 53.2. The standard InChI is InChI=1S/C22H22N4O5/c1-15-7-8-16(13-19(15)26(30)31)21(28)23-11-9-17(10-12-23)24-14-20(27)25(22(24)29)18-5-3-2-4-6-18/h2-8,13,17H,9-12,14H2,1H3. The van der Waals surface area contributed by atoms with Crippen LogP contribution in [0.5, 0.6) is 0 Å². The molecule has 0 N–H and O–H groups in total. The molecule has 2 heterocycles. The normalized spacial score (nSPS) is 17.4. The van der Waals surface area contributed by atoms with Crippen molar-refractivity contribution in [3.05, 3.63) is 69.8 Å². The number of rotatable bonds is 4. The number of likely N-dealkylation sites (tertiary alicyclic amines) is 1. The largest absolute Gasteiger partial charge is 0.338 e. The number of nitro benzene ring substituents is 1. The zero-order valence-electron chi connectivity index (χ0n) is 17.1. The van der Waals surface area contributed by atoms with Crippen molar-refractivity contribution in [1.29, 1.82) is 0 Å². The number of carbonyl (C=O) groups is 3. The van der Waals surface area contributed by atoms with Gasteiger partial charge in [0.1, 0.15) is 6.54 Å². The fourth-order valence-corrected chi connectivity index (χ4v) is 4.14. The molecule has 2 aromatic rings. The fourth-order valence-electron chi connectivity index (χ4n) is 4.14. The molecule has 0 atom stereocenters. The number of amides is 4. The molecule has 9 nitrogen and oxygen atoms in total. The van der Waals surface area contributed by atoms with Gasteiger partial charge in [0.2, 0.25) is 0 Å². The van der Waals surface area contributed by atoms with Crippen molar-refractivity contribution in [2.75, 3.05) is 24.5 Å². The Morgan fingerprint density at radius 1 is 1.06 bits per heavy atom. The van der Waals surface area contributed by atoms with Crippen LogP contribution in [0.2, 0.25) is 0 Å². The van der Waals surface area contributed by atoms with Gasteiger partial charge in [0, 0.05) is 36.3 Å². The SMILES string of the molecule is Cc1ccc(C(=O)N2CCC(N3CC(=O)N(c4ccccc4)C3=O)CC2)cc1[N+](=O)[O-]. The zero-order chi connectivity index (χ0) is 22.1. The van der Waals surface area contributed by atoms with Crippen LogP contribution in [-0.2, 0) is 4.79 Å². The molecule has 9 heteroatoms. The number of urea groups is 1. The van der Waals surface area contributed by atoms with Crippen LogP contribution in [0, 0.1) is 17.0 Å². The summed E-state index contributed by atoms with van der Waals surface area (Å²) in [5.74, 6) is -0.530. The highest BCUT2D eigenvalue weighted by atomic mass is 16.6. The Morgan fingerprint density at radius 2 is 1.74 bits per heavy atom. The van der Waals surface area contributed by atoms with Crippen LogP contribution in [0.15, 0.2) is 48.5 Å². The van der Waals surface area contributed by atoms with Crippen LogP contribution in [-0.4, -0.2) is 58.2 Å². The summed E-state index contributed by atoms with van der Waals surface area (Å²) in [6.45, 7) is 2.48.